The molecule has 182 valence electrons. The highest BCUT2D eigenvalue weighted by molar-refractivity contribution is 8.13. The van der Waals surface area contributed by atoms with Crippen molar-refractivity contribution >= 4 is 33.8 Å². The molecule has 7 heteroatoms. The van der Waals surface area contributed by atoms with Gasteiger partial charge < -0.3 is 4.42 Å². The number of carbonyl (C=O) groups excluding carboxylic acids is 2. The Bertz CT molecular complexity index is 1420. The van der Waals surface area contributed by atoms with Gasteiger partial charge in [0.15, 0.2) is 10.2 Å². The molecule has 5 nitrogen and oxygen atoms in total. The third-order valence-electron chi connectivity index (χ3n) is 5.59. The van der Waals surface area contributed by atoms with Gasteiger partial charge in [0.05, 0.1) is 0 Å². The molecular formula is C30H22N2O3S2. The Kier molecular flexibility index (Phi) is 7.35. The van der Waals surface area contributed by atoms with E-state index >= 15 is 0 Å². The number of benzene rings is 4. The summed E-state index contributed by atoms with van der Waals surface area (Å²) in [5.74, 6) is 0.912. The van der Waals surface area contributed by atoms with Crippen LogP contribution in [0, 0.1) is 0 Å². The molecule has 0 saturated carbocycles. The molecule has 0 bridgehead atoms. The number of hydrogen-bond acceptors (Lipinski definition) is 7. The summed E-state index contributed by atoms with van der Waals surface area (Å²) >= 11 is 2.45. The number of aromatic nitrogens is 2. The minimum Gasteiger partial charge on any atom is -0.416 e. The van der Waals surface area contributed by atoms with Crippen molar-refractivity contribution in [2.75, 3.05) is 0 Å². The van der Waals surface area contributed by atoms with Crippen molar-refractivity contribution in [3.63, 3.8) is 0 Å². The van der Waals surface area contributed by atoms with E-state index in [1.807, 2.05) is 97.1 Å². The van der Waals surface area contributed by atoms with Crippen LogP contribution in [0.3, 0.4) is 0 Å². The molecule has 5 rings (SSSR count). The first-order valence-electron chi connectivity index (χ1n) is 11.6. The maximum atomic E-state index is 11.3. The summed E-state index contributed by atoms with van der Waals surface area (Å²) in [5.41, 5.74) is 5.94. The fourth-order valence-electron chi connectivity index (χ4n) is 3.83. The van der Waals surface area contributed by atoms with Crippen LogP contribution in [0.5, 0.6) is 0 Å². The van der Waals surface area contributed by atoms with Crippen molar-refractivity contribution in [1.29, 1.82) is 0 Å². The lowest BCUT2D eigenvalue weighted by atomic mass is 10.0. The summed E-state index contributed by atoms with van der Waals surface area (Å²) in [5, 5.41) is 8.62. The largest absolute Gasteiger partial charge is 0.416 e. The second-order valence-corrected chi connectivity index (χ2v) is 10.8. The third-order valence-corrected chi connectivity index (χ3v) is 7.18. The van der Waals surface area contributed by atoms with Gasteiger partial charge in [-0.3, -0.25) is 9.59 Å². The molecule has 0 saturated heterocycles. The van der Waals surface area contributed by atoms with E-state index < -0.39 is 0 Å². The molecule has 0 atom stereocenters. The number of hydrogen-bond donors (Lipinski definition) is 0. The Morgan fingerprint density at radius 1 is 0.486 bits per heavy atom. The fourth-order valence-corrected chi connectivity index (χ4v) is 5.04. The van der Waals surface area contributed by atoms with E-state index in [9.17, 15) is 9.59 Å². The zero-order valence-electron chi connectivity index (χ0n) is 20.2. The molecule has 0 aliphatic heterocycles. The summed E-state index contributed by atoms with van der Waals surface area (Å²) in [6, 6.07) is 31.7. The van der Waals surface area contributed by atoms with Crippen molar-refractivity contribution in [2.45, 2.75) is 23.6 Å². The van der Waals surface area contributed by atoms with E-state index in [0.717, 1.165) is 43.2 Å². The predicted molar refractivity (Wildman–Crippen MR) is 149 cm³/mol. The van der Waals surface area contributed by atoms with E-state index in [4.69, 9.17) is 4.42 Å². The van der Waals surface area contributed by atoms with Crippen LogP contribution in [0.4, 0.5) is 0 Å². The first-order chi connectivity index (χ1) is 17.9. The average Bonchev–Trinajstić information content (AvgIpc) is 3.40. The monoisotopic (exact) mass is 522 g/mol. The predicted octanol–water partition coefficient (Wildman–Crippen LogP) is 8.01. The first kappa shape index (κ1) is 24.7. The van der Waals surface area contributed by atoms with E-state index in [1.54, 1.807) is 13.8 Å². The van der Waals surface area contributed by atoms with Crippen LogP contribution in [0.1, 0.15) is 13.8 Å². The minimum atomic E-state index is 0.0722. The molecule has 0 radical (unpaired) electrons. The van der Waals surface area contributed by atoms with E-state index in [0.29, 0.717) is 11.8 Å². The van der Waals surface area contributed by atoms with Crippen molar-refractivity contribution in [2.24, 2.45) is 0 Å². The molecule has 0 aliphatic carbocycles. The summed E-state index contributed by atoms with van der Waals surface area (Å²) in [7, 11) is 0. The molecule has 1 aromatic heterocycles. The molecular weight excluding hydrogens is 500 g/mol. The van der Waals surface area contributed by atoms with Crippen LogP contribution in [-0.2, 0) is 9.59 Å². The second kappa shape index (κ2) is 11.0. The van der Waals surface area contributed by atoms with Gasteiger partial charge in [0, 0.05) is 34.8 Å². The Morgan fingerprint density at radius 2 is 0.757 bits per heavy atom. The van der Waals surface area contributed by atoms with E-state index in [1.165, 1.54) is 23.5 Å². The van der Waals surface area contributed by atoms with Crippen molar-refractivity contribution in [3.05, 3.63) is 97.1 Å². The van der Waals surface area contributed by atoms with Gasteiger partial charge in [-0.15, -0.1) is 10.2 Å². The zero-order chi connectivity index (χ0) is 25.8. The molecule has 0 unspecified atom stereocenters. The molecule has 37 heavy (non-hydrogen) atoms. The van der Waals surface area contributed by atoms with Crippen LogP contribution in [-0.4, -0.2) is 20.4 Å². The Morgan fingerprint density at radius 3 is 1.05 bits per heavy atom. The van der Waals surface area contributed by atoms with Crippen LogP contribution >= 0.6 is 23.5 Å². The standard InChI is InChI=1S/C30H22N2O3S2/c1-19(33)36-27-15-11-23(12-16-27)21-3-7-25(8-4-21)29-31-32-30(35-29)26-9-5-22(6-10-26)24-13-17-28(18-14-24)37-20(2)34/h3-18H,1-2H3. The van der Waals surface area contributed by atoms with Gasteiger partial charge in [-0.25, -0.2) is 0 Å². The van der Waals surface area contributed by atoms with Gasteiger partial charge in [0.25, 0.3) is 0 Å². The summed E-state index contributed by atoms with van der Waals surface area (Å²) in [6.45, 7) is 3.13. The molecule has 0 spiro atoms. The minimum absolute atomic E-state index is 0.0722. The maximum Gasteiger partial charge on any atom is 0.248 e. The van der Waals surface area contributed by atoms with Gasteiger partial charge >= 0.3 is 0 Å². The summed E-state index contributed by atoms with van der Waals surface area (Å²) in [6.07, 6.45) is 0. The van der Waals surface area contributed by atoms with Gasteiger partial charge in [-0.2, -0.15) is 0 Å². The lowest BCUT2D eigenvalue weighted by Crippen LogP contribution is -1.83. The lowest BCUT2D eigenvalue weighted by molar-refractivity contribution is -0.109. The Labute approximate surface area is 223 Å². The van der Waals surface area contributed by atoms with E-state index in [2.05, 4.69) is 10.2 Å². The highest BCUT2D eigenvalue weighted by Gasteiger charge is 2.11. The molecule has 0 fully saturated rings. The molecule has 5 aromatic rings. The lowest BCUT2D eigenvalue weighted by Gasteiger charge is -2.04. The van der Waals surface area contributed by atoms with Gasteiger partial charge in [-0.05, 0) is 70.8 Å². The molecule has 0 amide bonds. The first-order valence-corrected chi connectivity index (χ1v) is 13.2. The SMILES string of the molecule is CC(=O)Sc1ccc(-c2ccc(-c3nnc(-c4ccc(-c5ccc(SC(C)=O)cc5)cc4)o3)cc2)cc1. The van der Waals surface area contributed by atoms with E-state index in [-0.39, 0.29) is 10.2 Å². The molecule has 0 aliphatic rings. The fraction of sp³-hybridized carbons (Fsp3) is 0.0667. The number of thioether (sulfide) groups is 2. The number of carbonyl (C=O) groups is 2. The average molecular weight is 523 g/mol. The maximum absolute atomic E-state index is 11.3. The van der Waals surface area contributed by atoms with Crippen LogP contribution < -0.4 is 0 Å². The molecule has 0 N–H and O–H groups in total. The quantitative estimate of drug-likeness (QED) is 0.209. The van der Waals surface area contributed by atoms with Crippen molar-refractivity contribution in [1.82, 2.24) is 10.2 Å². The Hall–Kier alpha value is -3.94. The summed E-state index contributed by atoms with van der Waals surface area (Å²) in [4.78, 5) is 24.4. The second-order valence-electron chi connectivity index (χ2n) is 8.30. The van der Waals surface area contributed by atoms with Gasteiger partial charge in [0.1, 0.15) is 0 Å². The normalized spacial score (nSPS) is 10.9. The van der Waals surface area contributed by atoms with Gasteiger partial charge in [0.2, 0.25) is 11.8 Å². The van der Waals surface area contributed by atoms with Crippen molar-refractivity contribution < 1.29 is 14.0 Å². The topological polar surface area (TPSA) is 73.1 Å². The third kappa shape index (κ3) is 6.07. The highest BCUT2D eigenvalue weighted by atomic mass is 32.2. The van der Waals surface area contributed by atoms with Crippen molar-refractivity contribution in [3.8, 4) is 45.2 Å². The Balaban J connectivity index is 1.28. The zero-order valence-corrected chi connectivity index (χ0v) is 21.8. The molecule has 1 heterocycles. The number of rotatable bonds is 6. The van der Waals surface area contributed by atoms with Crippen LogP contribution in [0.25, 0.3) is 45.2 Å². The number of nitrogens with zero attached hydrogens (tertiary/aromatic N) is 2. The smallest absolute Gasteiger partial charge is 0.248 e. The van der Waals surface area contributed by atoms with Crippen LogP contribution in [0.15, 0.2) is 111 Å². The van der Waals surface area contributed by atoms with Gasteiger partial charge in [-0.1, -0.05) is 72.1 Å². The van der Waals surface area contributed by atoms with Crippen LogP contribution in [0.2, 0.25) is 0 Å². The summed E-state index contributed by atoms with van der Waals surface area (Å²) < 4.78 is 5.96. The highest BCUT2D eigenvalue weighted by Crippen LogP contribution is 2.30. The molecule has 4 aromatic carbocycles.